The summed E-state index contributed by atoms with van der Waals surface area (Å²) < 4.78 is 13.5. The molecular weight excluding hydrogens is 227 g/mol. The molecule has 3 nitrogen and oxygen atoms in total. The Morgan fingerprint density at radius 3 is 2.81 bits per heavy atom. The van der Waals surface area contributed by atoms with Gasteiger partial charge in [0.15, 0.2) is 0 Å². The van der Waals surface area contributed by atoms with Crippen molar-refractivity contribution < 1.29 is 9.18 Å². The summed E-state index contributed by atoms with van der Waals surface area (Å²) in [5, 5.41) is 2.80. The largest absolute Gasteiger partial charge is 0.335 e. The van der Waals surface area contributed by atoms with Gasteiger partial charge in [-0.05, 0) is 31.0 Å². The number of carbonyl (C=O) groups excluding carboxylic acids is 1. The Hall–Kier alpha value is -1.23. The van der Waals surface area contributed by atoms with Crippen LogP contribution < -0.4 is 10.2 Å². The summed E-state index contributed by atoms with van der Waals surface area (Å²) >= 11 is 4.03. The van der Waals surface area contributed by atoms with Crippen LogP contribution >= 0.6 is 12.6 Å². The number of rotatable bonds is 2. The number of benzene rings is 1. The molecule has 0 atom stereocenters. The number of nitrogens with zero attached hydrogens (tertiary/aromatic N) is 1. The fourth-order valence-electron chi connectivity index (χ4n) is 1.38. The van der Waals surface area contributed by atoms with Crippen molar-refractivity contribution >= 4 is 24.3 Å². The molecule has 0 saturated heterocycles. The van der Waals surface area contributed by atoms with Gasteiger partial charge in [0.25, 0.3) is 0 Å². The fraction of sp³-hybridized carbons (Fsp3) is 0.364. The number of carbonyl (C=O) groups is 1. The summed E-state index contributed by atoms with van der Waals surface area (Å²) in [5.41, 5.74) is 0.260. The van der Waals surface area contributed by atoms with Gasteiger partial charge in [-0.1, -0.05) is 0 Å². The van der Waals surface area contributed by atoms with Gasteiger partial charge in [0.05, 0.1) is 5.69 Å². The van der Waals surface area contributed by atoms with E-state index in [-0.39, 0.29) is 17.8 Å². The maximum Gasteiger partial charge on any atom is 0.321 e. The van der Waals surface area contributed by atoms with Crippen LogP contribution in [0, 0.1) is 5.82 Å². The second-order valence-corrected chi connectivity index (χ2v) is 4.43. The third-order valence-electron chi connectivity index (χ3n) is 2.50. The first-order valence-corrected chi connectivity index (χ1v) is 5.55. The Morgan fingerprint density at radius 2 is 2.25 bits per heavy atom. The molecular formula is C11H13FN2OS. The van der Waals surface area contributed by atoms with E-state index in [4.69, 9.17) is 0 Å². The smallest absolute Gasteiger partial charge is 0.321 e. The van der Waals surface area contributed by atoms with E-state index in [1.807, 2.05) is 0 Å². The topological polar surface area (TPSA) is 32.3 Å². The average Bonchev–Trinajstić information content (AvgIpc) is 3.00. The maximum atomic E-state index is 13.5. The van der Waals surface area contributed by atoms with Crippen molar-refractivity contribution in [2.75, 3.05) is 11.9 Å². The molecule has 1 aliphatic carbocycles. The summed E-state index contributed by atoms with van der Waals surface area (Å²) in [4.78, 5) is 13.5. The van der Waals surface area contributed by atoms with Crippen LogP contribution in [0.5, 0.6) is 0 Å². The number of hydrogen-bond donors (Lipinski definition) is 2. The molecule has 2 amide bonds. The van der Waals surface area contributed by atoms with Gasteiger partial charge in [-0.15, -0.1) is 12.6 Å². The number of amides is 2. The first-order chi connectivity index (χ1) is 7.58. The van der Waals surface area contributed by atoms with Gasteiger partial charge >= 0.3 is 6.03 Å². The van der Waals surface area contributed by atoms with E-state index in [0.29, 0.717) is 4.90 Å². The molecule has 2 rings (SSSR count). The van der Waals surface area contributed by atoms with E-state index >= 15 is 0 Å². The number of urea groups is 1. The minimum absolute atomic E-state index is 0.260. The molecule has 0 radical (unpaired) electrons. The van der Waals surface area contributed by atoms with Crippen molar-refractivity contribution in [2.24, 2.45) is 0 Å². The normalized spacial score (nSPS) is 14.7. The molecule has 1 aromatic rings. The molecule has 0 spiro atoms. The third kappa shape index (κ3) is 2.47. The molecule has 5 heteroatoms. The summed E-state index contributed by atoms with van der Waals surface area (Å²) in [6.07, 6.45) is 2.02. The molecule has 1 saturated carbocycles. The van der Waals surface area contributed by atoms with Crippen LogP contribution in [0.3, 0.4) is 0 Å². The second kappa shape index (κ2) is 4.33. The fourth-order valence-corrected chi connectivity index (χ4v) is 1.56. The summed E-state index contributed by atoms with van der Waals surface area (Å²) in [5.74, 6) is -0.444. The van der Waals surface area contributed by atoms with Gasteiger partial charge in [0, 0.05) is 18.0 Å². The Bertz CT molecular complexity index is 420. The molecule has 1 fully saturated rings. The van der Waals surface area contributed by atoms with Crippen LogP contribution in [0.25, 0.3) is 0 Å². The van der Waals surface area contributed by atoms with E-state index in [1.54, 1.807) is 19.2 Å². The molecule has 0 unspecified atom stereocenters. The van der Waals surface area contributed by atoms with Gasteiger partial charge in [-0.3, -0.25) is 4.90 Å². The van der Waals surface area contributed by atoms with Gasteiger partial charge in [0.1, 0.15) is 5.82 Å². The number of nitrogens with one attached hydrogen (secondary N) is 1. The zero-order valence-electron chi connectivity index (χ0n) is 8.90. The van der Waals surface area contributed by atoms with Crippen molar-refractivity contribution in [3.63, 3.8) is 0 Å². The lowest BCUT2D eigenvalue weighted by molar-refractivity contribution is 0.247. The highest BCUT2D eigenvalue weighted by atomic mass is 32.1. The molecule has 0 aliphatic heterocycles. The highest BCUT2D eigenvalue weighted by Gasteiger charge is 2.25. The van der Waals surface area contributed by atoms with Crippen LogP contribution in [-0.2, 0) is 0 Å². The van der Waals surface area contributed by atoms with E-state index < -0.39 is 5.82 Å². The average molecular weight is 240 g/mol. The standard InChI is InChI=1S/C11H13FN2OS/c1-14(11(15)13-7-2-3-7)10-5-4-8(16)6-9(10)12/h4-7,16H,2-3H2,1H3,(H,13,15). The van der Waals surface area contributed by atoms with E-state index in [9.17, 15) is 9.18 Å². The third-order valence-corrected chi connectivity index (χ3v) is 2.78. The van der Waals surface area contributed by atoms with Crippen LogP contribution in [0.2, 0.25) is 0 Å². The molecule has 1 aromatic carbocycles. The van der Waals surface area contributed by atoms with Crippen molar-refractivity contribution in [2.45, 2.75) is 23.8 Å². The van der Waals surface area contributed by atoms with Crippen molar-refractivity contribution in [3.05, 3.63) is 24.0 Å². The summed E-state index contributed by atoms with van der Waals surface area (Å²) in [7, 11) is 1.55. The predicted molar refractivity (Wildman–Crippen MR) is 63.6 cm³/mol. The lowest BCUT2D eigenvalue weighted by atomic mass is 10.3. The van der Waals surface area contributed by atoms with Crippen LogP contribution in [-0.4, -0.2) is 19.1 Å². The maximum absolute atomic E-state index is 13.5. The molecule has 16 heavy (non-hydrogen) atoms. The number of hydrogen-bond acceptors (Lipinski definition) is 2. The van der Waals surface area contributed by atoms with Crippen molar-refractivity contribution in [3.8, 4) is 0 Å². The Balaban J connectivity index is 2.12. The van der Waals surface area contributed by atoms with Crippen molar-refractivity contribution in [1.29, 1.82) is 0 Å². The Kier molecular flexibility index (Phi) is 3.05. The number of thiol groups is 1. The zero-order chi connectivity index (χ0) is 11.7. The molecule has 0 heterocycles. The van der Waals surface area contributed by atoms with Crippen LogP contribution in [0.4, 0.5) is 14.9 Å². The monoisotopic (exact) mass is 240 g/mol. The predicted octanol–water partition coefficient (Wildman–Crippen LogP) is 2.42. The van der Waals surface area contributed by atoms with E-state index in [1.165, 1.54) is 11.0 Å². The van der Waals surface area contributed by atoms with E-state index in [2.05, 4.69) is 17.9 Å². The second-order valence-electron chi connectivity index (χ2n) is 3.92. The molecule has 1 N–H and O–H groups in total. The van der Waals surface area contributed by atoms with Gasteiger partial charge in [-0.25, -0.2) is 9.18 Å². The molecule has 86 valence electrons. The zero-order valence-corrected chi connectivity index (χ0v) is 9.80. The minimum Gasteiger partial charge on any atom is -0.335 e. The van der Waals surface area contributed by atoms with E-state index in [0.717, 1.165) is 12.8 Å². The van der Waals surface area contributed by atoms with Crippen LogP contribution in [0.15, 0.2) is 23.1 Å². The Labute approximate surface area is 99.0 Å². The highest BCUT2D eigenvalue weighted by Crippen LogP contribution is 2.23. The minimum atomic E-state index is -0.444. The number of halogens is 1. The first-order valence-electron chi connectivity index (χ1n) is 5.10. The summed E-state index contributed by atoms with van der Waals surface area (Å²) in [6.45, 7) is 0. The van der Waals surface area contributed by atoms with Crippen molar-refractivity contribution in [1.82, 2.24) is 5.32 Å². The Morgan fingerprint density at radius 1 is 1.56 bits per heavy atom. The summed E-state index contributed by atoms with van der Waals surface area (Å²) in [6, 6.07) is 4.49. The van der Waals surface area contributed by atoms with Gasteiger partial charge in [-0.2, -0.15) is 0 Å². The van der Waals surface area contributed by atoms with Gasteiger partial charge < -0.3 is 5.32 Å². The highest BCUT2D eigenvalue weighted by molar-refractivity contribution is 7.80. The molecule has 0 bridgehead atoms. The molecule has 1 aliphatic rings. The van der Waals surface area contributed by atoms with Gasteiger partial charge in [0.2, 0.25) is 0 Å². The quantitative estimate of drug-likeness (QED) is 0.764. The molecule has 0 aromatic heterocycles. The SMILES string of the molecule is CN(C(=O)NC1CC1)c1ccc(S)cc1F. The first kappa shape index (κ1) is 11.3. The van der Waals surface area contributed by atoms with Crippen LogP contribution in [0.1, 0.15) is 12.8 Å². The lowest BCUT2D eigenvalue weighted by Crippen LogP contribution is -2.38. The lowest BCUT2D eigenvalue weighted by Gasteiger charge is -2.18. The number of anilines is 1.